The smallest absolute Gasteiger partial charge is 0.234 e. The molecule has 6 atom stereocenters. The molecule has 9 nitrogen and oxygen atoms in total. The standard InChI is InChI=1S/C32H30N2O7S2/c1-40-16-11-23(35)28(24(12-16)41-2)26-19-7-8-20-25(31(38)33(29(20)36)14-17-5-3-9-42-17)21(19)13-22-27(26)32(39)34(30(22)37)15-18-6-4-10-43-18/h3-7,9-12,20-22,25-27,35H,8,13-15H2,1-2H3. The number of carbonyl (C=O) groups excluding carboxylic acids is 4. The molecule has 4 heterocycles. The number of phenols is 1. The molecule has 2 saturated heterocycles. The Labute approximate surface area is 256 Å². The van der Waals surface area contributed by atoms with Crippen LogP contribution in [-0.2, 0) is 32.3 Å². The van der Waals surface area contributed by atoms with Gasteiger partial charge in [-0.3, -0.25) is 29.0 Å². The third kappa shape index (κ3) is 4.31. The van der Waals surface area contributed by atoms with Crippen LogP contribution in [0, 0.1) is 29.6 Å². The number of rotatable bonds is 7. The lowest BCUT2D eigenvalue weighted by atomic mass is 9.57. The van der Waals surface area contributed by atoms with Crippen molar-refractivity contribution in [3.05, 3.63) is 74.1 Å². The summed E-state index contributed by atoms with van der Waals surface area (Å²) >= 11 is 2.97. The number of thiophene rings is 2. The van der Waals surface area contributed by atoms with E-state index in [1.54, 1.807) is 6.07 Å². The van der Waals surface area contributed by atoms with Gasteiger partial charge in [-0.1, -0.05) is 23.8 Å². The van der Waals surface area contributed by atoms with Crippen molar-refractivity contribution >= 4 is 46.3 Å². The number of hydrogen-bond acceptors (Lipinski definition) is 9. The molecule has 0 radical (unpaired) electrons. The third-order valence-corrected chi connectivity index (χ3v) is 11.2. The molecule has 7 rings (SSSR count). The van der Waals surface area contributed by atoms with Crippen molar-refractivity contribution in [2.45, 2.75) is 31.8 Å². The maximum absolute atomic E-state index is 14.1. The summed E-state index contributed by atoms with van der Waals surface area (Å²) in [6.07, 6.45) is 2.59. The molecule has 11 heteroatoms. The Morgan fingerprint density at radius 1 is 0.814 bits per heavy atom. The molecule has 1 aromatic carbocycles. The molecule has 43 heavy (non-hydrogen) atoms. The first-order valence-corrected chi connectivity index (χ1v) is 16.0. The Hall–Kier alpha value is -3.96. The molecule has 222 valence electrons. The van der Waals surface area contributed by atoms with Crippen molar-refractivity contribution in [1.29, 1.82) is 0 Å². The fourth-order valence-electron chi connectivity index (χ4n) is 7.66. The lowest BCUT2D eigenvalue weighted by molar-refractivity contribution is -0.142. The average Bonchev–Trinajstić information content (AvgIpc) is 3.81. The Morgan fingerprint density at radius 3 is 2.02 bits per heavy atom. The van der Waals surface area contributed by atoms with Gasteiger partial charge in [0.05, 0.1) is 51.0 Å². The highest BCUT2D eigenvalue weighted by molar-refractivity contribution is 7.10. The highest BCUT2D eigenvalue weighted by Gasteiger charge is 2.62. The summed E-state index contributed by atoms with van der Waals surface area (Å²) in [7, 11) is 2.96. The molecule has 1 N–H and O–H groups in total. The van der Waals surface area contributed by atoms with Gasteiger partial charge in [0.2, 0.25) is 23.6 Å². The topological polar surface area (TPSA) is 113 Å². The van der Waals surface area contributed by atoms with Crippen LogP contribution in [0.3, 0.4) is 0 Å². The zero-order valence-electron chi connectivity index (χ0n) is 23.6. The minimum atomic E-state index is -0.783. The normalized spacial score (nSPS) is 28.1. The van der Waals surface area contributed by atoms with Gasteiger partial charge in [-0.15, -0.1) is 22.7 Å². The Balaban J connectivity index is 1.33. The van der Waals surface area contributed by atoms with Gasteiger partial charge in [0.25, 0.3) is 0 Å². The number of nitrogens with zero attached hydrogens (tertiary/aromatic N) is 2. The van der Waals surface area contributed by atoms with Crippen LogP contribution in [0.25, 0.3) is 0 Å². The van der Waals surface area contributed by atoms with Crippen LogP contribution in [-0.4, -0.2) is 52.8 Å². The first kappa shape index (κ1) is 27.8. The summed E-state index contributed by atoms with van der Waals surface area (Å²) < 4.78 is 11.1. The van der Waals surface area contributed by atoms with E-state index in [4.69, 9.17) is 9.47 Å². The Morgan fingerprint density at radius 2 is 1.44 bits per heavy atom. The fourth-order valence-corrected chi connectivity index (χ4v) is 9.04. The van der Waals surface area contributed by atoms with E-state index in [9.17, 15) is 24.3 Å². The number of likely N-dealkylation sites (tertiary alicyclic amines) is 2. The minimum Gasteiger partial charge on any atom is -0.507 e. The summed E-state index contributed by atoms with van der Waals surface area (Å²) in [5.74, 6) is -4.26. The number of fused-ring (bicyclic) bond motifs is 4. The summed E-state index contributed by atoms with van der Waals surface area (Å²) in [4.78, 5) is 60.2. The van der Waals surface area contributed by atoms with Gasteiger partial charge >= 0.3 is 0 Å². The largest absolute Gasteiger partial charge is 0.507 e. The molecule has 6 unspecified atom stereocenters. The first-order valence-electron chi connectivity index (χ1n) is 14.2. The van der Waals surface area contributed by atoms with Crippen LogP contribution in [0.15, 0.2) is 58.8 Å². The average molecular weight is 619 g/mol. The molecule has 2 aliphatic carbocycles. The van der Waals surface area contributed by atoms with Gasteiger partial charge in [-0.2, -0.15) is 0 Å². The number of hydrogen-bond donors (Lipinski definition) is 1. The molecule has 4 aliphatic rings. The number of amides is 4. The van der Waals surface area contributed by atoms with Crippen molar-refractivity contribution in [2.24, 2.45) is 29.6 Å². The maximum Gasteiger partial charge on any atom is 0.234 e. The number of methoxy groups -OCH3 is 2. The number of imide groups is 2. The zero-order chi connectivity index (χ0) is 30.0. The van der Waals surface area contributed by atoms with Crippen LogP contribution < -0.4 is 9.47 Å². The molecule has 3 fully saturated rings. The number of aromatic hydroxyl groups is 1. The van der Waals surface area contributed by atoms with Crippen LogP contribution >= 0.6 is 22.7 Å². The van der Waals surface area contributed by atoms with Gasteiger partial charge in [-0.25, -0.2) is 0 Å². The monoisotopic (exact) mass is 618 g/mol. The van der Waals surface area contributed by atoms with E-state index in [0.717, 1.165) is 15.3 Å². The number of benzene rings is 1. The van der Waals surface area contributed by atoms with Crippen LogP contribution in [0.2, 0.25) is 0 Å². The second-order valence-corrected chi connectivity index (χ2v) is 13.5. The predicted octanol–water partition coefficient (Wildman–Crippen LogP) is 4.57. The van der Waals surface area contributed by atoms with Gasteiger partial charge < -0.3 is 14.6 Å². The molecule has 1 saturated carbocycles. The Bertz CT molecular complexity index is 1650. The van der Waals surface area contributed by atoms with Crippen LogP contribution in [0.5, 0.6) is 17.2 Å². The minimum absolute atomic E-state index is 0.117. The maximum atomic E-state index is 14.1. The highest BCUT2D eigenvalue weighted by Crippen LogP contribution is 2.60. The van der Waals surface area contributed by atoms with E-state index in [1.807, 2.05) is 41.1 Å². The van der Waals surface area contributed by atoms with E-state index < -0.39 is 35.5 Å². The molecule has 0 spiro atoms. The Kier molecular flexibility index (Phi) is 6.89. The summed E-state index contributed by atoms with van der Waals surface area (Å²) in [5.41, 5.74) is 1.19. The molecular weight excluding hydrogens is 588 g/mol. The molecule has 0 bridgehead atoms. The van der Waals surface area contributed by atoms with Crippen LogP contribution in [0.4, 0.5) is 0 Å². The fraction of sp³-hybridized carbons (Fsp3) is 0.375. The summed E-state index contributed by atoms with van der Waals surface area (Å²) in [6.45, 7) is 0.390. The zero-order valence-corrected chi connectivity index (χ0v) is 25.2. The first-order chi connectivity index (χ1) is 20.8. The van der Waals surface area contributed by atoms with E-state index in [0.29, 0.717) is 23.5 Å². The van der Waals surface area contributed by atoms with Crippen LogP contribution in [0.1, 0.15) is 34.1 Å². The molecule has 3 aromatic rings. The van der Waals surface area contributed by atoms with Gasteiger partial charge in [0.1, 0.15) is 17.2 Å². The van der Waals surface area contributed by atoms with Gasteiger partial charge in [0, 0.05) is 33.4 Å². The van der Waals surface area contributed by atoms with Crippen molar-refractivity contribution in [3.8, 4) is 17.2 Å². The molecule has 4 amide bonds. The van der Waals surface area contributed by atoms with Crippen molar-refractivity contribution < 1.29 is 33.8 Å². The predicted molar refractivity (Wildman–Crippen MR) is 158 cm³/mol. The molecule has 2 aliphatic heterocycles. The number of ether oxygens (including phenoxy) is 2. The lowest BCUT2D eigenvalue weighted by Gasteiger charge is -2.44. The van der Waals surface area contributed by atoms with Gasteiger partial charge in [0.15, 0.2) is 0 Å². The number of phenolic OH excluding ortho intramolecular Hbond substituents is 1. The van der Waals surface area contributed by atoms with E-state index in [2.05, 4.69) is 0 Å². The quantitative estimate of drug-likeness (QED) is 0.305. The lowest BCUT2D eigenvalue weighted by Crippen LogP contribution is -2.43. The van der Waals surface area contributed by atoms with E-state index >= 15 is 0 Å². The highest BCUT2D eigenvalue weighted by atomic mass is 32.1. The number of carbonyl (C=O) groups is 4. The SMILES string of the molecule is COc1cc(O)c(C2C3=CCC4C(=O)N(Cc5cccs5)C(=O)C4C3CC3C(=O)N(Cc4cccs4)C(=O)C32)c(OC)c1. The third-order valence-electron chi connectivity index (χ3n) is 9.48. The second-order valence-electron chi connectivity index (χ2n) is 11.5. The second kappa shape index (κ2) is 10.6. The summed E-state index contributed by atoms with van der Waals surface area (Å²) in [5, 5.41) is 15.2. The number of allylic oxidation sites excluding steroid dienone is 2. The van der Waals surface area contributed by atoms with Gasteiger partial charge in [-0.05, 0) is 41.7 Å². The summed E-state index contributed by atoms with van der Waals surface area (Å²) in [6, 6.07) is 10.7. The molecule has 2 aromatic heterocycles. The van der Waals surface area contributed by atoms with Crippen molar-refractivity contribution in [1.82, 2.24) is 9.80 Å². The van der Waals surface area contributed by atoms with Crippen molar-refractivity contribution in [2.75, 3.05) is 14.2 Å². The van der Waals surface area contributed by atoms with E-state index in [1.165, 1.54) is 52.8 Å². The van der Waals surface area contributed by atoms with E-state index in [-0.39, 0.29) is 48.9 Å². The van der Waals surface area contributed by atoms with Crippen molar-refractivity contribution in [3.63, 3.8) is 0 Å². The molecular formula is C32H30N2O7S2.